The van der Waals surface area contributed by atoms with E-state index in [0.29, 0.717) is 12.2 Å². The van der Waals surface area contributed by atoms with Crippen molar-refractivity contribution in [3.05, 3.63) is 11.8 Å². The molecule has 46 valence electrons. The lowest BCUT2D eigenvalue weighted by atomic mass is 10.4. The Morgan fingerprint density at radius 2 is 2.38 bits per heavy atom. The molecule has 0 aromatic heterocycles. The molecule has 0 N–H and O–H groups in total. The summed E-state index contributed by atoms with van der Waals surface area (Å²) in [6.45, 7) is 1.85. The molecule has 0 aromatic rings. The predicted octanol–water partition coefficient (Wildman–Crippen LogP) is 1.54. The Kier molecular flexibility index (Phi) is 1.37. The molecule has 1 heterocycles. The highest BCUT2D eigenvalue weighted by atomic mass is 19.1. The van der Waals surface area contributed by atoms with Crippen LogP contribution in [-0.4, -0.2) is 6.79 Å². The van der Waals surface area contributed by atoms with Crippen molar-refractivity contribution in [3.63, 3.8) is 0 Å². The largest absolute Gasteiger partial charge is 0.455 e. The van der Waals surface area contributed by atoms with Gasteiger partial charge >= 0.3 is 6.01 Å². The van der Waals surface area contributed by atoms with Crippen LogP contribution < -0.4 is 0 Å². The molecular formula is C5H7FO2. The second-order valence-corrected chi connectivity index (χ2v) is 1.46. The van der Waals surface area contributed by atoms with Crippen LogP contribution in [0.3, 0.4) is 0 Å². The van der Waals surface area contributed by atoms with Gasteiger partial charge in [0, 0.05) is 6.42 Å². The van der Waals surface area contributed by atoms with Gasteiger partial charge < -0.3 is 9.47 Å². The second-order valence-electron chi connectivity index (χ2n) is 1.46. The van der Waals surface area contributed by atoms with Gasteiger partial charge in [0.25, 0.3) is 0 Å². The summed E-state index contributed by atoms with van der Waals surface area (Å²) in [5, 5.41) is 0. The van der Waals surface area contributed by atoms with E-state index < -0.39 is 6.01 Å². The van der Waals surface area contributed by atoms with Gasteiger partial charge in [-0.2, -0.15) is 4.39 Å². The normalized spacial score (nSPS) is 18.2. The maximum absolute atomic E-state index is 12.1. The highest BCUT2D eigenvalue weighted by Crippen LogP contribution is 2.18. The van der Waals surface area contributed by atoms with Crippen molar-refractivity contribution >= 4 is 0 Å². The minimum absolute atomic E-state index is 0.0367. The minimum atomic E-state index is -0.562. The summed E-state index contributed by atoms with van der Waals surface area (Å²) in [7, 11) is 0. The lowest BCUT2D eigenvalue weighted by Gasteiger charge is -1.90. The van der Waals surface area contributed by atoms with Gasteiger partial charge in [-0.25, -0.2) is 0 Å². The third-order valence-electron chi connectivity index (χ3n) is 0.959. The molecule has 8 heavy (non-hydrogen) atoms. The molecular weight excluding hydrogens is 111 g/mol. The van der Waals surface area contributed by atoms with Crippen LogP contribution in [-0.2, 0) is 9.47 Å². The van der Waals surface area contributed by atoms with Crippen LogP contribution in [0.15, 0.2) is 11.8 Å². The summed E-state index contributed by atoms with van der Waals surface area (Å²) < 4.78 is 21.2. The fraction of sp³-hybridized carbons (Fsp3) is 0.600. The Labute approximate surface area is 46.9 Å². The summed E-state index contributed by atoms with van der Waals surface area (Å²) >= 11 is 0. The van der Waals surface area contributed by atoms with E-state index in [9.17, 15) is 4.39 Å². The Morgan fingerprint density at radius 1 is 1.62 bits per heavy atom. The van der Waals surface area contributed by atoms with E-state index in [1.165, 1.54) is 0 Å². The van der Waals surface area contributed by atoms with Crippen LogP contribution in [0.1, 0.15) is 13.3 Å². The van der Waals surface area contributed by atoms with Crippen molar-refractivity contribution in [2.75, 3.05) is 6.79 Å². The zero-order valence-electron chi connectivity index (χ0n) is 4.61. The van der Waals surface area contributed by atoms with Crippen LogP contribution in [0.5, 0.6) is 0 Å². The lowest BCUT2D eigenvalue weighted by molar-refractivity contribution is 0.0518. The first-order valence-corrected chi connectivity index (χ1v) is 2.49. The smallest absolute Gasteiger partial charge is 0.314 e. The van der Waals surface area contributed by atoms with Gasteiger partial charge in [-0.05, 0) is 0 Å². The van der Waals surface area contributed by atoms with Crippen LogP contribution in [0.2, 0.25) is 0 Å². The molecule has 2 nitrogen and oxygen atoms in total. The molecule has 0 atom stereocenters. The quantitative estimate of drug-likeness (QED) is 0.520. The Hall–Kier alpha value is -0.730. The molecule has 0 unspecified atom stereocenters. The molecule has 0 aromatic carbocycles. The molecule has 1 aliphatic heterocycles. The van der Waals surface area contributed by atoms with Gasteiger partial charge in [0.1, 0.15) is 0 Å². The van der Waals surface area contributed by atoms with E-state index in [0.717, 1.165) is 0 Å². The van der Waals surface area contributed by atoms with Crippen LogP contribution in [0.4, 0.5) is 4.39 Å². The maximum Gasteiger partial charge on any atom is 0.314 e. The van der Waals surface area contributed by atoms with Crippen molar-refractivity contribution in [2.45, 2.75) is 13.3 Å². The summed E-state index contributed by atoms with van der Waals surface area (Å²) in [6.07, 6.45) is 0.561. The first kappa shape index (κ1) is 5.41. The maximum atomic E-state index is 12.1. The van der Waals surface area contributed by atoms with Gasteiger partial charge in [0.15, 0.2) is 5.76 Å². The monoisotopic (exact) mass is 118 g/mol. The van der Waals surface area contributed by atoms with E-state index in [1.54, 1.807) is 0 Å². The molecule has 0 saturated carbocycles. The molecule has 3 heteroatoms. The standard InChI is InChI=1S/C5H7FO2/c1-2-4-5(6)8-3-7-4/h2-3H2,1H3. The van der Waals surface area contributed by atoms with Crippen molar-refractivity contribution in [1.82, 2.24) is 0 Å². The molecule has 0 aliphatic carbocycles. The van der Waals surface area contributed by atoms with Crippen LogP contribution >= 0.6 is 0 Å². The molecule has 0 fully saturated rings. The molecule has 0 spiro atoms. The third-order valence-corrected chi connectivity index (χ3v) is 0.959. The summed E-state index contributed by atoms with van der Waals surface area (Å²) in [5.41, 5.74) is 0. The summed E-state index contributed by atoms with van der Waals surface area (Å²) in [4.78, 5) is 0. The minimum Gasteiger partial charge on any atom is -0.455 e. The number of hydrogen-bond acceptors (Lipinski definition) is 2. The second kappa shape index (κ2) is 2.03. The number of allylic oxidation sites excluding steroid dienone is 1. The van der Waals surface area contributed by atoms with E-state index in [4.69, 9.17) is 4.74 Å². The van der Waals surface area contributed by atoms with E-state index in [1.807, 2.05) is 6.92 Å². The Balaban J connectivity index is 2.58. The summed E-state index contributed by atoms with van der Waals surface area (Å²) in [6, 6.07) is -0.562. The number of ether oxygens (including phenoxy) is 2. The Bertz CT molecular complexity index is 120. The highest BCUT2D eigenvalue weighted by Gasteiger charge is 2.13. The summed E-state index contributed by atoms with van der Waals surface area (Å²) in [5.74, 6) is 0.324. The van der Waals surface area contributed by atoms with E-state index in [-0.39, 0.29) is 6.79 Å². The van der Waals surface area contributed by atoms with E-state index in [2.05, 4.69) is 4.74 Å². The van der Waals surface area contributed by atoms with Crippen LogP contribution in [0, 0.1) is 0 Å². The molecule has 1 aliphatic rings. The average molecular weight is 118 g/mol. The van der Waals surface area contributed by atoms with Gasteiger partial charge in [-0.3, -0.25) is 0 Å². The first-order valence-electron chi connectivity index (χ1n) is 2.49. The van der Waals surface area contributed by atoms with Crippen molar-refractivity contribution < 1.29 is 13.9 Å². The zero-order valence-corrected chi connectivity index (χ0v) is 4.61. The Morgan fingerprint density at radius 3 is 2.62 bits per heavy atom. The number of hydrogen-bond donors (Lipinski definition) is 0. The van der Waals surface area contributed by atoms with Gasteiger partial charge in [-0.15, -0.1) is 0 Å². The van der Waals surface area contributed by atoms with Crippen molar-refractivity contribution in [3.8, 4) is 0 Å². The van der Waals surface area contributed by atoms with Crippen LogP contribution in [0.25, 0.3) is 0 Å². The molecule has 1 rings (SSSR count). The fourth-order valence-electron chi connectivity index (χ4n) is 0.531. The zero-order chi connectivity index (χ0) is 5.98. The first-order chi connectivity index (χ1) is 3.84. The predicted molar refractivity (Wildman–Crippen MR) is 25.5 cm³/mol. The third kappa shape index (κ3) is 0.757. The fourth-order valence-corrected chi connectivity index (χ4v) is 0.531. The van der Waals surface area contributed by atoms with Gasteiger partial charge in [0.05, 0.1) is 0 Å². The topological polar surface area (TPSA) is 18.5 Å². The highest BCUT2D eigenvalue weighted by molar-refractivity contribution is 4.95. The molecule has 0 bridgehead atoms. The average Bonchev–Trinajstić information content (AvgIpc) is 2.14. The number of rotatable bonds is 1. The molecule has 0 radical (unpaired) electrons. The SMILES string of the molecule is CCC1=C(F)OCO1. The number of halogens is 1. The van der Waals surface area contributed by atoms with E-state index >= 15 is 0 Å². The molecule has 0 amide bonds. The van der Waals surface area contributed by atoms with Crippen molar-refractivity contribution in [1.29, 1.82) is 0 Å². The van der Waals surface area contributed by atoms with Crippen molar-refractivity contribution in [2.24, 2.45) is 0 Å². The lowest BCUT2D eigenvalue weighted by Crippen LogP contribution is -1.81. The van der Waals surface area contributed by atoms with Gasteiger partial charge in [-0.1, -0.05) is 6.92 Å². The molecule has 0 saturated heterocycles. The van der Waals surface area contributed by atoms with Gasteiger partial charge in [0.2, 0.25) is 6.79 Å².